The normalized spacial score (nSPS) is 14.4. The summed E-state index contributed by atoms with van der Waals surface area (Å²) in [6, 6.07) is 11.7. The van der Waals surface area contributed by atoms with Crippen LogP contribution in [0.15, 0.2) is 41.4 Å². The largest absolute Gasteiger partial charge is 0.496 e. The Bertz CT molecular complexity index is 839. The second kappa shape index (κ2) is 8.71. The molecular weight excluding hydrogens is 340 g/mol. The van der Waals surface area contributed by atoms with Gasteiger partial charge in [-0.2, -0.15) is 0 Å². The fourth-order valence-electron chi connectivity index (χ4n) is 3.39. The van der Waals surface area contributed by atoms with Gasteiger partial charge in [0.15, 0.2) is 0 Å². The van der Waals surface area contributed by atoms with Crippen LogP contribution in [0, 0.1) is 6.92 Å². The molecule has 5 heteroatoms. The Hall–Kier alpha value is -2.82. The van der Waals surface area contributed by atoms with Gasteiger partial charge in [0.1, 0.15) is 5.75 Å². The minimum atomic E-state index is -0.354. The monoisotopic (exact) mass is 366 g/mol. The Morgan fingerprint density at radius 3 is 2.59 bits per heavy atom. The van der Waals surface area contributed by atoms with E-state index in [-0.39, 0.29) is 5.97 Å². The van der Waals surface area contributed by atoms with E-state index in [0.717, 1.165) is 35.7 Å². The molecule has 2 aromatic carbocycles. The van der Waals surface area contributed by atoms with Crippen molar-refractivity contribution in [1.82, 2.24) is 0 Å². The Labute approximate surface area is 160 Å². The summed E-state index contributed by atoms with van der Waals surface area (Å²) >= 11 is 0. The van der Waals surface area contributed by atoms with E-state index >= 15 is 0 Å². The number of methoxy groups -OCH3 is 2. The van der Waals surface area contributed by atoms with Crippen LogP contribution in [-0.4, -0.2) is 39.5 Å². The van der Waals surface area contributed by atoms with Crippen molar-refractivity contribution < 1.29 is 14.3 Å². The first-order valence-corrected chi connectivity index (χ1v) is 9.29. The van der Waals surface area contributed by atoms with E-state index in [9.17, 15) is 4.79 Å². The average molecular weight is 366 g/mol. The van der Waals surface area contributed by atoms with Crippen molar-refractivity contribution in [3.8, 4) is 5.75 Å². The molecule has 0 aromatic heterocycles. The number of carbonyl (C=O) groups excluding carboxylic acids is 1. The van der Waals surface area contributed by atoms with Crippen LogP contribution in [0.1, 0.15) is 40.7 Å². The molecule has 0 radical (unpaired) electrons. The van der Waals surface area contributed by atoms with E-state index < -0.39 is 0 Å². The molecule has 5 nitrogen and oxygen atoms in total. The van der Waals surface area contributed by atoms with Crippen LogP contribution in [0.5, 0.6) is 5.75 Å². The van der Waals surface area contributed by atoms with Crippen LogP contribution in [0.25, 0.3) is 0 Å². The van der Waals surface area contributed by atoms with Crippen LogP contribution in [0.2, 0.25) is 0 Å². The highest BCUT2D eigenvalue weighted by molar-refractivity contribution is 5.93. The lowest BCUT2D eigenvalue weighted by molar-refractivity contribution is 0.0600. The van der Waals surface area contributed by atoms with Crippen molar-refractivity contribution in [3.63, 3.8) is 0 Å². The molecular formula is C22H26N2O3. The molecule has 0 saturated carbocycles. The Balaban J connectivity index is 1.86. The number of nitrogens with zero attached hydrogens (tertiary/aromatic N) is 2. The molecule has 0 spiro atoms. The van der Waals surface area contributed by atoms with Gasteiger partial charge in [0, 0.05) is 36.6 Å². The number of ether oxygens (including phenoxy) is 2. The molecule has 3 rings (SSSR count). The van der Waals surface area contributed by atoms with Gasteiger partial charge in [0.2, 0.25) is 0 Å². The molecule has 1 saturated heterocycles. The summed E-state index contributed by atoms with van der Waals surface area (Å²) in [6.45, 7) is 4.06. The summed E-state index contributed by atoms with van der Waals surface area (Å²) in [5.74, 6) is 0.441. The standard InChI is InChI=1S/C22H26N2O3/c1-16-19(22(25)27-3)8-7-9-20(16)23-15-17-10-11-18(14-21(17)26-2)24-12-5-4-6-13-24/h7-11,14-15H,4-6,12-13H2,1-3H3. The first-order valence-electron chi connectivity index (χ1n) is 9.29. The van der Waals surface area contributed by atoms with Gasteiger partial charge in [0.25, 0.3) is 0 Å². The summed E-state index contributed by atoms with van der Waals surface area (Å²) in [7, 11) is 3.06. The number of hydrogen-bond donors (Lipinski definition) is 0. The summed E-state index contributed by atoms with van der Waals surface area (Å²) in [4.78, 5) is 18.8. The third-order valence-corrected chi connectivity index (χ3v) is 4.99. The summed E-state index contributed by atoms with van der Waals surface area (Å²) < 4.78 is 10.4. The zero-order valence-electron chi connectivity index (χ0n) is 16.2. The Morgan fingerprint density at radius 2 is 1.89 bits per heavy atom. The highest BCUT2D eigenvalue weighted by Gasteiger charge is 2.14. The molecule has 0 amide bonds. The highest BCUT2D eigenvalue weighted by atomic mass is 16.5. The number of carbonyl (C=O) groups is 1. The zero-order chi connectivity index (χ0) is 19.2. The van der Waals surface area contributed by atoms with E-state index in [1.807, 2.05) is 25.1 Å². The SMILES string of the molecule is COC(=O)c1cccc(N=Cc2ccc(N3CCCCC3)cc2OC)c1C. The molecule has 2 aromatic rings. The maximum absolute atomic E-state index is 11.9. The number of esters is 1. The molecule has 0 unspecified atom stereocenters. The minimum Gasteiger partial charge on any atom is -0.496 e. The molecule has 0 N–H and O–H groups in total. The van der Waals surface area contributed by atoms with Crippen molar-refractivity contribution >= 4 is 23.6 Å². The van der Waals surface area contributed by atoms with Crippen molar-refractivity contribution in [1.29, 1.82) is 0 Å². The van der Waals surface area contributed by atoms with Crippen molar-refractivity contribution in [3.05, 3.63) is 53.1 Å². The second-order valence-electron chi connectivity index (χ2n) is 6.67. The van der Waals surface area contributed by atoms with Gasteiger partial charge >= 0.3 is 5.97 Å². The van der Waals surface area contributed by atoms with E-state index in [1.165, 1.54) is 32.1 Å². The van der Waals surface area contributed by atoms with E-state index in [0.29, 0.717) is 5.56 Å². The Kier molecular flexibility index (Phi) is 6.12. The topological polar surface area (TPSA) is 51.1 Å². The molecule has 1 fully saturated rings. The molecule has 142 valence electrons. The predicted octanol–water partition coefficient (Wildman–Crippen LogP) is 4.53. The lowest BCUT2D eigenvalue weighted by Crippen LogP contribution is -2.29. The van der Waals surface area contributed by atoms with Gasteiger partial charge in [-0.15, -0.1) is 0 Å². The van der Waals surface area contributed by atoms with Gasteiger partial charge in [-0.05, 0) is 56.0 Å². The number of anilines is 1. The number of rotatable bonds is 5. The quantitative estimate of drug-likeness (QED) is 0.576. The Morgan fingerprint density at radius 1 is 1.11 bits per heavy atom. The fourth-order valence-corrected chi connectivity index (χ4v) is 3.39. The third kappa shape index (κ3) is 4.30. The number of aliphatic imine (C=N–C) groups is 1. The van der Waals surface area contributed by atoms with Crippen LogP contribution in [-0.2, 0) is 4.74 Å². The van der Waals surface area contributed by atoms with Crippen molar-refractivity contribution in [2.24, 2.45) is 4.99 Å². The smallest absolute Gasteiger partial charge is 0.338 e. The average Bonchev–Trinajstić information content (AvgIpc) is 2.73. The molecule has 0 atom stereocenters. The highest BCUT2D eigenvalue weighted by Crippen LogP contribution is 2.28. The lowest BCUT2D eigenvalue weighted by Gasteiger charge is -2.29. The van der Waals surface area contributed by atoms with Crippen LogP contribution >= 0.6 is 0 Å². The maximum Gasteiger partial charge on any atom is 0.338 e. The fraction of sp³-hybridized carbons (Fsp3) is 0.364. The second-order valence-corrected chi connectivity index (χ2v) is 6.67. The molecule has 0 bridgehead atoms. The summed E-state index contributed by atoms with van der Waals surface area (Å²) in [5.41, 5.74) is 4.15. The van der Waals surface area contributed by atoms with Gasteiger partial charge in [0.05, 0.1) is 25.5 Å². The van der Waals surface area contributed by atoms with Gasteiger partial charge in [-0.25, -0.2) is 4.79 Å². The van der Waals surface area contributed by atoms with Gasteiger partial charge in [-0.3, -0.25) is 4.99 Å². The van der Waals surface area contributed by atoms with E-state index in [1.54, 1.807) is 19.4 Å². The number of benzene rings is 2. The first-order chi connectivity index (χ1) is 13.1. The molecule has 1 aliphatic heterocycles. The molecule has 1 heterocycles. The third-order valence-electron chi connectivity index (χ3n) is 4.99. The summed E-state index contributed by atoms with van der Waals surface area (Å²) in [5, 5.41) is 0. The molecule has 1 aliphatic rings. The zero-order valence-corrected chi connectivity index (χ0v) is 16.2. The van der Waals surface area contributed by atoms with Gasteiger partial charge in [-0.1, -0.05) is 6.07 Å². The molecule has 0 aliphatic carbocycles. The van der Waals surface area contributed by atoms with E-state index in [4.69, 9.17) is 9.47 Å². The minimum absolute atomic E-state index is 0.354. The lowest BCUT2D eigenvalue weighted by atomic mass is 10.1. The molecule has 27 heavy (non-hydrogen) atoms. The predicted molar refractivity (Wildman–Crippen MR) is 109 cm³/mol. The van der Waals surface area contributed by atoms with Crippen LogP contribution in [0.3, 0.4) is 0 Å². The van der Waals surface area contributed by atoms with Crippen molar-refractivity contribution in [2.45, 2.75) is 26.2 Å². The van der Waals surface area contributed by atoms with Gasteiger partial charge < -0.3 is 14.4 Å². The van der Waals surface area contributed by atoms with Crippen LogP contribution in [0.4, 0.5) is 11.4 Å². The summed E-state index contributed by atoms with van der Waals surface area (Å²) in [6.07, 6.45) is 5.56. The van der Waals surface area contributed by atoms with E-state index in [2.05, 4.69) is 22.0 Å². The number of piperidine rings is 1. The maximum atomic E-state index is 11.9. The van der Waals surface area contributed by atoms with Crippen LogP contribution < -0.4 is 9.64 Å². The first kappa shape index (κ1) is 19.0. The number of hydrogen-bond acceptors (Lipinski definition) is 5. The van der Waals surface area contributed by atoms with Crippen molar-refractivity contribution in [2.75, 3.05) is 32.2 Å².